The molecule has 0 radical (unpaired) electrons. The Morgan fingerprint density at radius 3 is 2.09 bits per heavy atom. The van der Waals surface area contributed by atoms with Crippen molar-refractivity contribution in [2.75, 3.05) is 0 Å². The third-order valence-electron chi connectivity index (χ3n) is 1.42. The highest BCUT2D eigenvalue weighted by Crippen LogP contribution is 2.12. The Bertz CT molecular complexity index is 174. The van der Waals surface area contributed by atoms with E-state index in [0.29, 0.717) is 0 Å². The van der Waals surface area contributed by atoms with Gasteiger partial charge in [-0.25, -0.2) is 0 Å². The lowest BCUT2D eigenvalue weighted by Crippen LogP contribution is -2.33. The quantitative estimate of drug-likeness (QED) is 0.617. The zero-order valence-corrected chi connectivity index (χ0v) is 7.99. The monoisotopic (exact) mass is 155 g/mol. The van der Waals surface area contributed by atoms with Crippen molar-refractivity contribution in [2.24, 2.45) is 5.41 Å². The minimum absolute atomic E-state index is 0.0631. The molecule has 0 bridgehead atoms. The molecule has 1 amide bonds. The molecule has 1 N–H and O–H groups in total. The summed E-state index contributed by atoms with van der Waals surface area (Å²) in [5.74, 6) is 0.0631. The Hall–Kier alpha value is -0.790. The molecule has 0 fully saturated rings. The summed E-state index contributed by atoms with van der Waals surface area (Å²) >= 11 is 0. The van der Waals surface area contributed by atoms with Crippen LogP contribution in [0.25, 0.3) is 0 Å². The van der Waals surface area contributed by atoms with Crippen LogP contribution in [-0.2, 0) is 4.79 Å². The van der Waals surface area contributed by atoms with Gasteiger partial charge in [0.1, 0.15) is 0 Å². The van der Waals surface area contributed by atoms with E-state index < -0.39 is 0 Å². The van der Waals surface area contributed by atoms with Gasteiger partial charge in [-0.2, -0.15) is 0 Å². The summed E-state index contributed by atoms with van der Waals surface area (Å²) in [6, 6.07) is 0. The third-order valence-corrected chi connectivity index (χ3v) is 1.42. The molecule has 0 aromatic carbocycles. The van der Waals surface area contributed by atoms with E-state index in [0.717, 1.165) is 5.70 Å². The second-order valence-electron chi connectivity index (χ2n) is 3.68. The van der Waals surface area contributed by atoms with Crippen molar-refractivity contribution >= 4 is 5.91 Å². The maximum atomic E-state index is 11.3. The molecule has 0 saturated heterocycles. The first kappa shape index (κ1) is 10.2. The maximum absolute atomic E-state index is 11.3. The first-order valence-corrected chi connectivity index (χ1v) is 3.82. The van der Waals surface area contributed by atoms with Gasteiger partial charge in [0.2, 0.25) is 5.91 Å². The lowest BCUT2D eigenvalue weighted by molar-refractivity contribution is -0.127. The van der Waals surface area contributed by atoms with Crippen LogP contribution in [0.3, 0.4) is 0 Å². The number of carbonyl (C=O) groups excluding carboxylic acids is 1. The normalized spacial score (nSPS) is 13.0. The topological polar surface area (TPSA) is 29.1 Å². The van der Waals surface area contributed by atoms with Crippen LogP contribution in [0, 0.1) is 5.41 Å². The van der Waals surface area contributed by atoms with Gasteiger partial charge in [0, 0.05) is 11.1 Å². The van der Waals surface area contributed by atoms with E-state index in [1.54, 1.807) is 0 Å². The Morgan fingerprint density at radius 1 is 1.36 bits per heavy atom. The molecule has 0 saturated carbocycles. The van der Waals surface area contributed by atoms with E-state index in [1.807, 2.05) is 40.7 Å². The van der Waals surface area contributed by atoms with Crippen LogP contribution in [0.2, 0.25) is 0 Å². The summed E-state index contributed by atoms with van der Waals surface area (Å²) in [4.78, 5) is 11.3. The van der Waals surface area contributed by atoms with Crippen molar-refractivity contribution in [3.8, 4) is 0 Å². The fraction of sp³-hybridized carbons (Fsp3) is 0.667. The molecule has 0 aromatic heterocycles. The van der Waals surface area contributed by atoms with Crippen molar-refractivity contribution in [3.63, 3.8) is 0 Å². The van der Waals surface area contributed by atoms with Crippen molar-refractivity contribution in [3.05, 3.63) is 11.8 Å². The number of nitrogens with one attached hydrogen (secondary N) is 1. The van der Waals surface area contributed by atoms with Gasteiger partial charge in [0.25, 0.3) is 0 Å². The lowest BCUT2D eigenvalue weighted by Gasteiger charge is -2.17. The molecule has 0 aromatic rings. The van der Waals surface area contributed by atoms with E-state index >= 15 is 0 Å². The van der Waals surface area contributed by atoms with Crippen molar-refractivity contribution in [2.45, 2.75) is 34.6 Å². The van der Waals surface area contributed by atoms with Gasteiger partial charge in [-0.3, -0.25) is 4.79 Å². The second-order valence-corrected chi connectivity index (χ2v) is 3.68. The van der Waals surface area contributed by atoms with E-state index in [2.05, 4.69) is 5.32 Å². The van der Waals surface area contributed by atoms with Crippen molar-refractivity contribution < 1.29 is 4.79 Å². The first-order valence-electron chi connectivity index (χ1n) is 3.82. The number of hydrogen-bond acceptors (Lipinski definition) is 1. The fourth-order valence-corrected chi connectivity index (χ4v) is 0.439. The summed E-state index contributed by atoms with van der Waals surface area (Å²) in [6.07, 6.45) is 1.88. The molecule has 0 unspecified atom stereocenters. The first-order chi connectivity index (χ1) is 4.88. The van der Waals surface area contributed by atoms with Gasteiger partial charge >= 0.3 is 0 Å². The predicted molar refractivity (Wildman–Crippen MR) is 47.0 cm³/mol. The van der Waals surface area contributed by atoms with Crippen LogP contribution in [0.4, 0.5) is 0 Å². The van der Waals surface area contributed by atoms with Crippen molar-refractivity contribution in [1.29, 1.82) is 0 Å². The SMILES string of the molecule is CC=C(C)NC(=O)C(C)(C)C. The molecule has 0 spiro atoms. The van der Waals surface area contributed by atoms with E-state index in [9.17, 15) is 4.79 Å². The Morgan fingerprint density at radius 2 is 1.82 bits per heavy atom. The molecule has 2 nitrogen and oxygen atoms in total. The molecule has 0 aliphatic heterocycles. The van der Waals surface area contributed by atoms with Crippen LogP contribution < -0.4 is 5.32 Å². The maximum Gasteiger partial charge on any atom is 0.229 e. The predicted octanol–water partition coefficient (Wildman–Crippen LogP) is 2.07. The Labute approximate surface area is 68.7 Å². The summed E-state index contributed by atoms with van der Waals surface area (Å²) in [5, 5.41) is 2.79. The molecule has 64 valence electrons. The zero-order valence-electron chi connectivity index (χ0n) is 7.99. The highest BCUT2D eigenvalue weighted by molar-refractivity contribution is 5.82. The van der Waals surface area contributed by atoms with Crippen LogP contribution in [0.1, 0.15) is 34.6 Å². The fourth-order valence-electron chi connectivity index (χ4n) is 0.439. The van der Waals surface area contributed by atoms with Crippen LogP contribution in [0.5, 0.6) is 0 Å². The summed E-state index contributed by atoms with van der Waals surface area (Å²) in [5.41, 5.74) is 0.606. The molecule has 0 aliphatic rings. The van der Waals surface area contributed by atoms with Gasteiger partial charge in [0.05, 0.1) is 0 Å². The van der Waals surface area contributed by atoms with Gasteiger partial charge in [-0.05, 0) is 13.8 Å². The Balaban J connectivity index is 4.10. The minimum atomic E-state index is -0.301. The number of amides is 1. The number of hydrogen-bond donors (Lipinski definition) is 1. The average Bonchev–Trinajstić information content (AvgIpc) is 1.85. The van der Waals surface area contributed by atoms with Gasteiger partial charge < -0.3 is 5.32 Å². The summed E-state index contributed by atoms with van der Waals surface area (Å²) in [6.45, 7) is 9.46. The molecule has 2 heteroatoms. The van der Waals surface area contributed by atoms with E-state index in [4.69, 9.17) is 0 Å². The lowest BCUT2D eigenvalue weighted by atomic mass is 9.95. The largest absolute Gasteiger partial charge is 0.330 e. The van der Waals surface area contributed by atoms with Crippen molar-refractivity contribution in [1.82, 2.24) is 5.32 Å². The molecule has 11 heavy (non-hydrogen) atoms. The van der Waals surface area contributed by atoms with Crippen LogP contribution >= 0.6 is 0 Å². The van der Waals surface area contributed by atoms with Gasteiger partial charge in [-0.15, -0.1) is 0 Å². The summed E-state index contributed by atoms with van der Waals surface area (Å²) in [7, 11) is 0. The smallest absolute Gasteiger partial charge is 0.229 e. The molecule has 0 heterocycles. The standard InChI is InChI=1S/C9H17NO/c1-6-7(2)10-8(11)9(3,4)5/h6H,1-5H3,(H,10,11). The average molecular weight is 155 g/mol. The summed E-state index contributed by atoms with van der Waals surface area (Å²) < 4.78 is 0. The molecule has 0 atom stereocenters. The minimum Gasteiger partial charge on any atom is -0.330 e. The van der Waals surface area contributed by atoms with Crippen LogP contribution in [0.15, 0.2) is 11.8 Å². The number of carbonyl (C=O) groups is 1. The zero-order chi connectivity index (χ0) is 9.07. The van der Waals surface area contributed by atoms with Gasteiger partial charge in [0.15, 0.2) is 0 Å². The number of rotatable bonds is 1. The highest BCUT2D eigenvalue weighted by Gasteiger charge is 2.20. The molecule has 0 rings (SSSR count). The van der Waals surface area contributed by atoms with Gasteiger partial charge in [-0.1, -0.05) is 26.8 Å². The Kier molecular flexibility index (Phi) is 3.30. The molecular weight excluding hydrogens is 138 g/mol. The molecule has 0 aliphatic carbocycles. The highest BCUT2D eigenvalue weighted by atomic mass is 16.2. The third kappa shape index (κ3) is 3.81. The second kappa shape index (κ2) is 3.56. The van der Waals surface area contributed by atoms with Crippen LogP contribution in [-0.4, -0.2) is 5.91 Å². The molecular formula is C9H17NO. The van der Waals surface area contributed by atoms with E-state index in [-0.39, 0.29) is 11.3 Å². The number of allylic oxidation sites excluding steroid dienone is 2. The van der Waals surface area contributed by atoms with E-state index in [1.165, 1.54) is 0 Å².